The molecule has 5 nitrogen and oxygen atoms in total. The summed E-state index contributed by atoms with van der Waals surface area (Å²) in [7, 11) is 0. The summed E-state index contributed by atoms with van der Waals surface area (Å²) in [5, 5.41) is 4.62. The number of anilines is 3. The molecule has 0 atom stereocenters. The summed E-state index contributed by atoms with van der Waals surface area (Å²) in [4.78, 5) is 8.65. The number of aromatic nitrogens is 2. The van der Waals surface area contributed by atoms with Crippen molar-refractivity contribution in [3.8, 4) is 11.3 Å². The Morgan fingerprint density at radius 2 is 1.86 bits per heavy atom. The highest BCUT2D eigenvalue weighted by Crippen LogP contribution is 2.34. The number of nitrogens with one attached hydrogen (secondary N) is 2. The van der Waals surface area contributed by atoms with Gasteiger partial charge in [-0.25, -0.2) is 9.37 Å². The molecular weight excluding hydrogens is 399 g/mol. The van der Waals surface area contributed by atoms with Crippen molar-refractivity contribution in [3.63, 3.8) is 0 Å². The molecule has 2 heterocycles. The fourth-order valence-corrected chi connectivity index (χ4v) is 3.32. The molecule has 0 aliphatic heterocycles. The van der Waals surface area contributed by atoms with Crippen LogP contribution in [0.1, 0.15) is 0 Å². The molecule has 2 aromatic heterocycles. The highest BCUT2D eigenvalue weighted by molar-refractivity contribution is 7.95. The minimum atomic E-state index is -0.402. The maximum absolute atomic E-state index is 14.4. The Balaban J connectivity index is 1.87. The molecule has 0 saturated carbocycles. The van der Waals surface area contributed by atoms with E-state index in [1.807, 2.05) is 24.3 Å². The smallest absolute Gasteiger partial charge is 0.132 e. The van der Waals surface area contributed by atoms with E-state index < -0.39 is 5.82 Å². The Labute approximate surface area is 169 Å². The SMILES string of the molecule is OSNc1cnccc1Nc1cc(-c2cc(Cl)ccc2F)nc2ccccc12. The topological polar surface area (TPSA) is 70.1 Å². The Kier molecular flexibility index (Phi) is 5.29. The van der Waals surface area contributed by atoms with E-state index in [-0.39, 0.29) is 0 Å². The van der Waals surface area contributed by atoms with Gasteiger partial charge in [-0.1, -0.05) is 29.8 Å². The maximum atomic E-state index is 14.4. The average molecular weight is 413 g/mol. The number of nitrogens with zero attached hydrogens (tertiary/aromatic N) is 2. The molecule has 0 amide bonds. The first-order valence-electron chi connectivity index (χ1n) is 8.28. The predicted octanol–water partition coefficient (Wildman–Crippen LogP) is 6.37. The fraction of sp³-hybridized carbons (Fsp3) is 0. The summed E-state index contributed by atoms with van der Waals surface area (Å²) in [5.74, 6) is -0.402. The van der Waals surface area contributed by atoms with Crippen LogP contribution >= 0.6 is 23.8 Å². The van der Waals surface area contributed by atoms with E-state index in [0.717, 1.165) is 11.1 Å². The molecular formula is C20H14ClFN4OS. The van der Waals surface area contributed by atoms with Crippen LogP contribution in [0.4, 0.5) is 21.5 Å². The molecule has 2 aromatic carbocycles. The number of halogens is 2. The Bertz CT molecular complexity index is 1160. The largest absolute Gasteiger partial charge is 0.353 e. The lowest BCUT2D eigenvalue weighted by Crippen LogP contribution is -1.99. The molecule has 0 bridgehead atoms. The predicted molar refractivity (Wildman–Crippen MR) is 114 cm³/mol. The molecule has 4 rings (SSSR count). The molecule has 140 valence electrons. The number of pyridine rings is 2. The summed E-state index contributed by atoms with van der Waals surface area (Å²) >= 11 is 6.54. The third-order valence-corrected chi connectivity index (χ3v) is 4.71. The minimum absolute atomic E-state index is 0.320. The van der Waals surface area contributed by atoms with Gasteiger partial charge in [-0.15, -0.1) is 0 Å². The van der Waals surface area contributed by atoms with Crippen LogP contribution in [0.25, 0.3) is 22.2 Å². The first-order valence-corrected chi connectivity index (χ1v) is 9.43. The molecule has 0 saturated heterocycles. The van der Waals surface area contributed by atoms with Crippen LogP contribution in [-0.4, -0.2) is 14.5 Å². The molecule has 0 spiro atoms. The highest BCUT2D eigenvalue weighted by atomic mass is 35.5. The average Bonchev–Trinajstić information content (AvgIpc) is 2.71. The van der Waals surface area contributed by atoms with Gasteiger partial charge >= 0.3 is 0 Å². The van der Waals surface area contributed by atoms with Gasteiger partial charge in [0.15, 0.2) is 0 Å². The number of hydrogen-bond donors (Lipinski definition) is 3. The maximum Gasteiger partial charge on any atom is 0.132 e. The zero-order valence-electron chi connectivity index (χ0n) is 14.4. The van der Waals surface area contributed by atoms with Crippen molar-refractivity contribution in [2.45, 2.75) is 0 Å². The zero-order valence-corrected chi connectivity index (χ0v) is 15.9. The van der Waals surface area contributed by atoms with Crippen LogP contribution in [0, 0.1) is 5.82 Å². The van der Waals surface area contributed by atoms with E-state index in [2.05, 4.69) is 20.0 Å². The molecule has 28 heavy (non-hydrogen) atoms. The third kappa shape index (κ3) is 3.73. The Morgan fingerprint density at radius 3 is 2.71 bits per heavy atom. The van der Waals surface area contributed by atoms with Crippen molar-refractivity contribution < 1.29 is 8.94 Å². The van der Waals surface area contributed by atoms with Crippen molar-refractivity contribution in [1.82, 2.24) is 9.97 Å². The van der Waals surface area contributed by atoms with E-state index in [4.69, 9.17) is 16.2 Å². The van der Waals surface area contributed by atoms with E-state index in [9.17, 15) is 4.39 Å². The van der Waals surface area contributed by atoms with Crippen molar-refractivity contribution in [2.24, 2.45) is 0 Å². The van der Waals surface area contributed by atoms with Gasteiger partial charge in [0, 0.05) is 22.2 Å². The van der Waals surface area contributed by atoms with Gasteiger partial charge in [-0.2, -0.15) is 0 Å². The summed E-state index contributed by atoms with van der Waals surface area (Å²) in [6.45, 7) is 0. The van der Waals surface area contributed by atoms with Gasteiger partial charge in [0.25, 0.3) is 0 Å². The number of fused-ring (bicyclic) bond motifs is 1. The molecule has 4 aromatic rings. The standard InChI is InChI=1S/C20H14ClFN4OS/c21-12-5-6-15(22)14(9-12)19-10-18(13-3-1-2-4-16(13)24-19)25-17-7-8-23-11-20(17)26-28-27/h1-11,26-27H,(H,23,24,25). The van der Waals surface area contributed by atoms with Crippen LogP contribution in [0.3, 0.4) is 0 Å². The van der Waals surface area contributed by atoms with Crippen molar-refractivity contribution >= 4 is 51.8 Å². The minimum Gasteiger partial charge on any atom is -0.353 e. The zero-order chi connectivity index (χ0) is 19.5. The molecule has 3 N–H and O–H groups in total. The van der Waals surface area contributed by atoms with Crippen LogP contribution in [-0.2, 0) is 0 Å². The second-order valence-electron chi connectivity index (χ2n) is 5.94. The monoisotopic (exact) mass is 412 g/mol. The molecule has 0 aliphatic rings. The van der Waals surface area contributed by atoms with E-state index in [1.165, 1.54) is 12.1 Å². The quantitative estimate of drug-likeness (QED) is 0.261. The molecule has 0 aliphatic carbocycles. The van der Waals surface area contributed by atoms with Gasteiger partial charge in [-0.3, -0.25) is 4.98 Å². The summed E-state index contributed by atoms with van der Waals surface area (Å²) in [5.41, 5.74) is 3.53. The lowest BCUT2D eigenvalue weighted by Gasteiger charge is -2.15. The highest BCUT2D eigenvalue weighted by Gasteiger charge is 2.13. The number of hydrogen-bond acceptors (Lipinski definition) is 6. The van der Waals surface area contributed by atoms with E-state index in [1.54, 1.807) is 30.6 Å². The van der Waals surface area contributed by atoms with Gasteiger partial charge < -0.3 is 14.6 Å². The second-order valence-corrected chi connectivity index (χ2v) is 6.76. The number of rotatable bonds is 5. The lowest BCUT2D eigenvalue weighted by molar-refractivity contribution is 0.631. The Hall–Kier alpha value is -2.87. The summed E-state index contributed by atoms with van der Waals surface area (Å²) < 4.78 is 26.3. The van der Waals surface area contributed by atoms with Crippen LogP contribution < -0.4 is 10.0 Å². The molecule has 0 fully saturated rings. The van der Waals surface area contributed by atoms with Crippen LogP contribution in [0.2, 0.25) is 5.02 Å². The van der Waals surface area contributed by atoms with Crippen molar-refractivity contribution in [2.75, 3.05) is 10.0 Å². The second kappa shape index (κ2) is 8.02. The molecule has 0 unspecified atom stereocenters. The summed E-state index contributed by atoms with van der Waals surface area (Å²) in [6.07, 6.45) is 3.23. The van der Waals surface area contributed by atoms with Gasteiger partial charge in [-0.05, 0) is 36.4 Å². The van der Waals surface area contributed by atoms with Gasteiger partial charge in [0.05, 0.1) is 34.5 Å². The van der Waals surface area contributed by atoms with Crippen molar-refractivity contribution in [1.29, 1.82) is 0 Å². The normalized spacial score (nSPS) is 10.8. The lowest BCUT2D eigenvalue weighted by atomic mass is 10.1. The summed E-state index contributed by atoms with van der Waals surface area (Å²) in [6, 6.07) is 15.5. The van der Waals surface area contributed by atoms with Crippen LogP contribution in [0.15, 0.2) is 67.0 Å². The van der Waals surface area contributed by atoms with Crippen molar-refractivity contribution in [3.05, 3.63) is 77.8 Å². The van der Waals surface area contributed by atoms with Gasteiger partial charge in [0.1, 0.15) is 18.0 Å². The first kappa shape index (κ1) is 18.5. The van der Waals surface area contributed by atoms with E-state index >= 15 is 0 Å². The first-order chi connectivity index (χ1) is 13.7. The number of para-hydroxylation sites is 1. The van der Waals surface area contributed by atoms with Gasteiger partial charge in [0.2, 0.25) is 0 Å². The molecule has 8 heteroatoms. The Morgan fingerprint density at radius 1 is 1.00 bits per heavy atom. The third-order valence-electron chi connectivity index (χ3n) is 4.17. The fourth-order valence-electron chi connectivity index (χ4n) is 2.89. The van der Waals surface area contributed by atoms with E-state index in [0.29, 0.717) is 45.4 Å². The number of benzene rings is 2. The van der Waals surface area contributed by atoms with Crippen LogP contribution in [0.5, 0.6) is 0 Å². The molecule has 0 radical (unpaired) electrons.